The van der Waals surface area contributed by atoms with Crippen molar-refractivity contribution in [2.75, 3.05) is 5.32 Å². The van der Waals surface area contributed by atoms with Crippen LogP contribution in [0.25, 0.3) is 0 Å². The van der Waals surface area contributed by atoms with Gasteiger partial charge in [-0.15, -0.1) is 10.2 Å². The molecule has 2 amide bonds. The zero-order valence-corrected chi connectivity index (χ0v) is 25.0. The van der Waals surface area contributed by atoms with Crippen molar-refractivity contribution in [2.45, 2.75) is 64.0 Å². The Morgan fingerprint density at radius 1 is 0.932 bits per heavy atom. The molecule has 0 spiro atoms. The predicted molar refractivity (Wildman–Crippen MR) is 163 cm³/mol. The summed E-state index contributed by atoms with van der Waals surface area (Å²) in [6.45, 7) is 1.53. The van der Waals surface area contributed by atoms with Crippen molar-refractivity contribution < 1.29 is 27.6 Å². The van der Waals surface area contributed by atoms with Crippen LogP contribution in [0, 0.1) is 0 Å². The topological polar surface area (TPSA) is 153 Å². The smallest absolute Gasteiger partial charge is 0.402 e. The molecule has 0 aliphatic rings. The number of carbonyl (C=O) groups excluding carboxylic acids is 3. The first-order chi connectivity index (χ1) is 20.9. The number of allylic oxidation sites excluding steroid dienone is 3. The number of unbranched alkanes of at least 4 members (excludes halogenated alkanes) is 1. The lowest BCUT2D eigenvalue weighted by atomic mass is 9.93. The number of hydrogen-bond donors (Lipinski definition) is 4. The van der Waals surface area contributed by atoms with Gasteiger partial charge < -0.3 is 22.1 Å². The number of nitrogens with one attached hydrogen (secondary N) is 2. The molecule has 1 unspecified atom stereocenters. The molecule has 0 saturated heterocycles. The van der Waals surface area contributed by atoms with E-state index < -0.39 is 30.2 Å². The molecule has 2 aromatic carbocycles. The van der Waals surface area contributed by atoms with Crippen molar-refractivity contribution in [3.63, 3.8) is 0 Å². The van der Waals surface area contributed by atoms with Gasteiger partial charge in [0.25, 0.3) is 0 Å². The van der Waals surface area contributed by atoms with E-state index in [9.17, 15) is 27.6 Å². The normalized spacial score (nSPS) is 12.9. The molecule has 0 aliphatic heterocycles. The van der Waals surface area contributed by atoms with Crippen LogP contribution >= 0.6 is 11.3 Å². The molecule has 0 fully saturated rings. The average molecular weight is 629 g/mol. The van der Waals surface area contributed by atoms with E-state index in [2.05, 4.69) is 20.8 Å². The van der Waals surface area contributed by atoms with Gasteiger partial charge in [-0.2, -0.15) is 13.2 Å². The van der Waals surface area contributed by atoms with Crippen molar-refractivity contribution in [1.82, 2.24) is 15.5 Å². The molecule has 0 aliphatic carbocycles. The molecule has 13 heteroatoms. The quantitative estimate of drug-likeness (QED) is 0.136. The van der Waals surface area contributed by atoms with Gasteiger partial charge in [-0.05, 0) is 54.0 Å². The summed E-state index contributed by atoms with van der Waals surface area (Å²) in [6, 6.07) is 16.0. The third-order valence-electron chi connectivity index (χ3n) is 6.48. The van der Waals surface area contributed by atoms with Crippen LogP contribution in [0.5, 0.6) is 0 Å². The SMILES string of the molecule is CC(CC(=O)C(F)(F)F)c1cccc(CC(=O)N/C(N)=C/C=C(\N)CCCCc2nnc(NC(=O)Cc3ccccc3)s2)c1. The largest absolute Gasteiger partial charge is 0.449 e. The van der Waals surface area contributed by atoms with E-state index in [-0.39, 0.29) is 24.6 Å². The van der Waals surface area contributed by atoms with Crippen molar-refractivity contribution in [2.24, 2.45) is 11.5 Å². The molecule has 44 heavy (non-hydrogen) atoms. The number of Topliss-reactive ketones (excluding diaryl/α,β-unsaturated/α-hetero) is 1. The molecule has 0 radical (unpaired) electrons. The van der Waals surface area contributed by atoms with Crippen LogP contribution in [0.1, 0.15) is 60.2 Å². The van der Waals surface area contributed by atoms with E-state index in [1.807, 2.05) is 30.3 Å². The fourth-order valence-corrected chi connectivity index (χ4v) is 4.99. The lowest BCUT2D eigenvalue weighted by molar-refractivity contribution is -0.171. The Kier molecular flexibility index (Phi) is 12.6. The first-order valence-corrected chi connectivity index (χ1v) is 14.8. The highest BCUT2D eigenvalue weighted by Gasteiger charge is 2.38. The summed E-state index contributed by atoms with van der Waals surface area (Å²) in [5.74, 6) is -2.91. The maximum absolute atomic E-state index is 12.6. The molecule has 0 bridgehead atoms. The summed E-state index contributed by atoms with van der Waals surface area (Å²) in [4.78, 5) is 35.9. The molecule has 1 atom stereocenters. The molecule has 234 valence electrons. The summed E-state index contributed by atoms with van der Waals surface area (Å²) in [5.41, 5.74) is 14.6. The molecular formula is C31H35F3N6O3S. The van der Waals surface area contributed by atoms with Crippen LogP contribution in [-0.2, 0) is 33.6 Å². The summed E-state index contributed by atoms with van der Waals surface area (Å²) in [6.07, 6.45) is 0.641. The number of alkyl halides is 3. The first kappa shape index (κ1) is 34.0. The monoisotopic (exact) mass is 628 g/mol. The number of ketones is 1. The number of benzene rings is 2. The minimum Gasteiger partial charge on any atom is -0.402 e. The van der Waals surface area contributed by atoms with Gasteiger partial charge in [0, 0.05) is 18.5 Å². The van der Waals surface area contributed by atoms with Crippen LogP contribution in [0.3, 0.4) is 0 Å². The number of aryl methyl sites for hydroxylation is 1. The van der Waals surface area contributed by atoms with Crippen LogP contribution < -0.4 is 22.1 Å². The summed E-state index contributed by atoms with van der Waals surface area (Å²) >= 11 is 1.34. The molecule has 1 heterocycles. The molecule has 9 nitrogen and oxygen atoms in total. The lowest BCUT2D eigenvalue weighted by Crippen LogP contribution is -2.28. The molecular weight excluding hydrogens is 593 g/mol. The fourth-order valence-electron chi connectivity index (χ4n) is 4.19. The Labute approximate surface area is 257 Å². The van der Waals surface area contributed by atoms with Crippen molar-refractivity contribution in [1.29, 1.82) is 0 Å². The Morgan fingerprint density at radius 3 is 2.36 bits per heavy atom. The van der Waals surface area contributed by atoms with Crippen LogP contribution in [0.4, 0.5) is 18.3 Å². The second kappa shape index (κ2) is 16.4. The summed E-state index contributed by atoms with van der Waals surface area (Å²) in [5, 5.41) is 14.8. The van der Waals surface area contributed by atoms with Crippen LogP contribution in [0.15, 0.2) is 78.3 Å². The van der Waals surface area contributed by atoms with Gasteiger partial charge in [-0.3, -0.25) is 14.4 Å². The van der Waals surface area contributed by atoms with Gasteiger partial charge in [0.15, 0.2) is 0 Å². The van der Waals surface area contributed by atoms with E-state index in [1.165, 1.54) is 24.3 Å². The summed E-state index contributed by atoms with van der Waals surface area (Å²) in [7, 11) is 0. The highest BCUT2D eigenvalue weighted by atomic mass is 32.1. The predicted octanol–water partition coefficient (Wildman–Crippen LogP) is 5.06. The number of nitrogens with zero attached hydrogens (tertiary/aromatic N) is 2. The number of carbonyl (C=O) groups is 3. The number of amides is 2. The minimum absolute atomic E-state index is 0.0501. The zero-order valence-electron chi connectivity index (χ0n) is 24.2. The zero-order chi connectivity index (χ0) is 32.1. The lowest BCUT2D eigenvalue weighted by Gasteiger charge is -2.14. The molecule has 6 N–H and O–H groups in total. The third kappa shape index (κ3) is 12.0. The van der Waals surface area contributed by atoms with Gasteiger partial charge in [0.2, 0.25) is 22.7 Å². The van der Waals surface area contributed by atoms with Gasteiger partial charge in [0.1, 0.15) is 10.8 Å². The second-order valence-electron chi connectivity index (χ2n) is 10.3. The number of hydrogen-bond acceptors (Lipinski definition) is 8. The Bertz CT molecular complexity index is 1490. The van der Waals surface area contributed by atoms with Gasteiger partial charge in [-0.25, -0.2) is 0 Å². The van der Waals surface area contributed by atoms with Crippen molar-refractivity contribution in [3.05, 3.63) is 100.0 Å². The molecule has 3 aromatic rings. The maximum atomic E-state index is 12.6. The van der Waals surface area contributed by atoms with Crippen LogP contribution in [0.2, 0.25) is 0 Å². The highest BCUT2D eigenvalue weighted by Crippen LogP contribution is 2.26. The summed E-state index contributed by atoms with van der Waals surface area (Å²) < 4.78 is 37.8. The Morgan fingerprint density at radius 2 is 1.64 bits per heavy atom. The highest BCUT2D eigenvalue weighted by molar-refractivity contribution is 7.15. The van der Waals surface area contributed by atoms with Crippen molar-refractivity contribution >= 4 is 34.1 Å². The standard InChI is InChI=1S/C31H35F3N6O3S/c1-20(16-25(41)31(32,33)34)23-11-7-10-22(17-23)19-27(42)37-26(36)15-14-24(35)12-5-6-13-29-39-40-30(44-29)38-28(43)18-21-8-3-2-4-9-21/h2-4,7-11,14-15,17,20H,5-6,12-13,16,18-19,35-36H2,1H3,(H,37,42)(H,38,40,43)/b24-14-,26-15+. The number of nitrogens with two attached hydrogens (primary N) is 2. The van der Waals surface area contributed by atoms with E-state index in [0.29, 0.717) is 34.8 Å². The molecule has 3 rings (SSSR count). The second-order valence-corrected chi connectivity index (χ2v) is 11.3. The molecule has 1 aromatic heterocycles. The van der Waals surface area contributed by atoms with E-state index in [1.54, 1.807) is 30.3 Å². The maximum Gasteiger partial charge on any atom is 0.449 e. The third-order valence-corrected chi connectivity index (χ3v) is 7.38. The first-order valence-electron chi connectivity index (χ1n) is 14.0. The van der Waals surface area contributed by atoms with Gasteiger partial charge >= 0.3 is 6.18 Å². The van der Waals surface area contributed by atoms with Crippen molar-refractivity contribution in [3.8, 4) is 0 Å². The molecule has 0 saturated carbocycles. The number of rotatable bonds is 15. The van der Waals surface area contributed by atoms with Gasteiger partial charge in [0.05, 0.1) is 12.8 Å². The Hall–Kier alpha value is -4.52. The number of anilines is 1. The Balaban J connectivity index is 1.37. The fraction of sp³-hybridized carbons (Fsp3) is 0.323. The van der Waals surface area contributed by atoms with Crippen LogP contribution in [-0.4, -0.2) is 34.0 Å². The minimum atomic E-state index is -4.87. The van der Waals surface area contributed by atoms with E-state index >= 15 is 0 Å². The van der Waals surface area contributed by atoms with E-state index in [4.69, 9.17) is 11.5 Å². The van der Waals surface area contributed by atoms with Gasteiger partial charge in [-0.1, -0.05) is 72.9 Å². The number of halogens is 3. The van der Waals surface area contributed by atoms with E-state index in [0.717, 1.165) is 23.4 Å². The number of aromatic nitrogens is 2. The average Bonchev–Trinajstić information content (AvgIpc) is 3.41.